The Kier molecular flexibility index (Phi) is 4.93. The van der Waals surface area contributed by atoms with Crippen molar-refractivity contribution in [2.45, 2.75) is 19.4 Å². The number of benzene rings is 1. The van der Waals surface area contributed by atoms with Crippen LogP contribution in [0, 0.1) is 0 Å². The van der Waals surface area contributed by atoms with E-state index in [0.29, 0.717) is 23.2 Å². The van der Waals surface area contributed by atoms with Gasteiger partial charge in [0, 0.05) is 11.4 Å². The summed E-state index contributed by atoms with van der Waals surface area (Å²) < 4.78 is 5.01. The van der Waals surface area contributed by atoms with Crippen LogP contribution in [-0.2, 0) is 6.42 Å². The van der Waals surface area contributed by atoms with E-state index in [2.05, 4.69) is 10.1 Å². The predicted octanol–water partition coefficient (Wildman–Crippen LogP) is 2.76. The highest BCUT2D eigenvalue weighted by Crippen LogP contribution is 2.18. The van der Waals surface area contributed by atoms with Crippen LogP contribution in [-0.4, -0.2) is 10.1 Å². The zero-order chi connectivity index (χ0) is 11.5. The van der Waals surface area contributed by atoms with Gasteiger partial charge >= 0.3 is 0 Å². The Balaban J connectivity index is 0.00000144. The molecule has 0 saturated heterocycles. The van der Waals surface area contributed by atoms with Gasteiger partial charge in [-0.25, -0.2) is 0 Å². The first-order valence-electron chi connectivity index (χ1n) is 4.98. The number of hydrogen-bond acceptors (Lipinski definition) is 4. The smallest absolute Gasteiger partial charge is 0.243 e. The zero-order valence-electron chi connectivity index (χ0n) is 9.26. The second-order valence-electron chi connectivity index (χ2n) is 3.61. The van der Waals surface area contributed by atoms with Gasteiger partial charge in [0.05, 0.1) is 6.04 Å². The van der Waals surface area contributed by atoms with Gasteiger partial charge in [0.2, 0.25) is 5.89 Å². The third kappa shape index (κ3) is 3.43. The number of nitrogens with two attached hydrogens (primary N) is 1. The predicted molar refractivity (Wildman–Crippen MR) is 68.4 cm³/mol. The molecule has 0 aliphatic rings. The minimum absolute atomic E-state index is 0. The summed E-state index contributed by atoms with van der Waals surface area (Å²) in [7, 11) is 0. The molecule has 0 unspecified atom stereocenters. The molecule has 1 atom stereocenters. The summed E-state index contributed by atoms with van der Waals surface area (Å²) in [6.45, 7) is 1.80. The van der Waals surface area contributed by atoms with Gasteiger partial charge in [-0.15, -0.1) is 12.4 Å². The van der Waals surface area contributed by atoms with Crippen LogP contribution >= 0.6 is 24.0 Å². The van der Waals surface area contributed by atoms with Crippen molar-refractivity contribution >= 4 is 24.0 Å². The van der Waals surface area contributed by atoms with Crippen LogP contribution in [0.3, 0.4) is 0 Å². The van der Waals surface area contributed by atoms with E-state index in [1.807, 2.05) is 24.3 Å². The zero-order valence-corrected chi connectivity index (χ0v) is 10.8. The molecule has 0 saturated carbocycles. The lowest BCUT2D eigenvalue weighted by molar-refractivity contribution is 0.358. The molecule has 2 N–H and O–H groups in total. The molecule has 1 heterocycles. The molecular formula is C11H13Cl2N3O. The second-order valence-corrected chi connectivity index (χ2v) is 4.01. The molecule has 4 nitrogen and oxygen atoms in total. The highest BCUT2D eigenvalue weighted by atomic mass is 35.5. The van der Waals surface area contributed by atoms with E-state index < -0.39 is 0 Å². The highest BCUT2D eigenvalue weighted by molar-refractivity contribution is 6.31. The topological polar surface area (TPSA) is 64.9 Å². The van der Waals surface area contributed by atoms with Crippen LogP contribution in [0.4, 0.5) is 0 Å². The lowest BCUT2D eigenvalue weighted by Gasteiger charge is -1.99. The Bertz CT molecular complexity index is 485. The monoisotopic (exact) mass is 273 g/mol. The first-order chi connectivity index (χ1) is 7.66. The van der Waals surface area contributed by atoms with Crippen molar-refractivity contribution < 1.29 is 4.52 Å². The number of hydrogen-bond donors (Lipinski definition) is 1. The van der Waals surface area contributed by atoms with Crippen LogP contribution in [0.2, 0.25) is 5.02 Å². The molecule has 2 rings (SSSR count). The summed E-state index contributed by atoms with van der Waals surface area (Å²) in [5.74, 6) is 1.04. The van der Waals surface area contributed by atoms with Gasteiger partial charge in [-0.3, -0.25) is 0 Å². The number of nitrogens with zero attached hydrogens (tertiary/aromatic N) is 2. The molecule has 17 heavy (non-hydrogen) atoms. The Morgan fingerprint density at radius 3 is 2.71 bits per heavy atom. The molecule has 0 aliphatic carbocycles. The Morgan fingerprint density at radius 2 is 2.12 bits per heavy atom. The van der Waals surface area contributed by atoms with Crippen LogP contribution in [0.1, 0.15) is 30.2 Å². The van der Waals surface area contributed by atoms with E-state index in [-0.39, 0.29) is 18.4 Å². The molecule has 6 heteroatoms. The number of rotatable bonds is 3. The first kappa shape index (κ1) is 14.0. The molecule has 0 radical (unpaired) electrons. The van der Waals surface area contributed by atoms with Gasteiger partial charge in [-0.2, -0.15) is 4.98 Å². The van der Waals surface area contributed by atoms with Gasteiger partial charge in [0.1, 0.15) is 0 Å². The van der Waals surface area contributed by atoms with Crippen LogP contribution in [0.5, 0.6) is 0 Å². The molecule has 1 aromatic carbocycles. The average molecular weight is 274 g/mol. The van der Waals surface area contributed by atoms with E-state index >= 15 is 0 Å². The van der Waals surface area contributed by atoms with Crippen molar-refractivity contribution in [3.63, 3.8) is 0 Å². The Labute approximate surface area is 111 Å². The van der Waals surface area contributed by atoms with Gasteiger partial charge in [-0.05, 0) is 18.6 Å². The molecular weight excluding hydrogens is 261 g/mol. The van der Waals surface area contributed by atoms with E-state index in [4.69, 9.17) is 21.9 Å². The minimum Gasteiger partial charge on any atom is -0.338 e. The average Bonchev–Trinajstić information content (AvgIpc) is 2.70. The van der Waals surface area contributed by atoms with Crippen molar-refractivity contribution in [1.29, 1.82) is 0 Å². The van der Waals surface area contributed by atoms with Crippen molar-refractivity contribution in [2.24, 2.45) is 5.73 Å². The fourth-order valence-corrected chi connectivity index (χ4v) is 1.54. The van der Waals surface area contributed by atoms with Gasteiger partial charge in [-0.1, -0.05) is 35.0 Å². The summed E-state index contributed by atoms with van der Waals surface area (Å²) in [6, 6.07) is 7.34. The molecule has 92 valence electrons. The van der Waals surface area contributed by atoms with Gasteiger partial charge < -0.3 is 10.3 Å². The highest BCUT2D eigenvalue weighted by Gasteiger charge is 2.11. The number of halogens is 2. The van der Waals surface area contributed by atoms with Crippen molar-refractivity contribution in [2.75, 3.05) is 0 Å². The lowest BCUT2D eigenvalue weighted by atomic mass is 10.1. The van der Waals surface area contributed by atoms with Crippen LogP contribution in [0.25, 0.3) is 0 Å². The molecule has 2 aromatic rings. The molecule has 0 spiro atoms. The summed E-state index contributed by atoms with van der Waals surface area (Å²) >= 11 is 6.03. The van der Waals surface area contributed by atoms with E-state index in [9.17, 15) is 0 Å². The second kappa shape index (κ2) is 6.00. The molecule has 0 fully saturated rings. The SMILES string of the molecule is C[C@H](N)c1nc(Cc2ccccc2Cl)no1.Cl. The molecule has 0 bridgehead atoms. The summed E-state index contributed by atoms with van der Waals surface area (Å²) in [6.07, 6.45) is 0.551. The van der Waals surface area contributed by atoms with Crippen molar-refractivity contribution in [3.8, 4) is 0 Å². The molecule has 1 aromatic heterocycles. The van der Waals surface area contributed by atoms with E-state index in [1.54, 1.807) is 6.92 Å². The van der Waals surface area contributed by atoms with E-state index in [0.717, 1.165) is 5.56 Å². The summed E-state index contributed by atoms with van der Waals surface area (Å²) in [4.78, 5) is 4.18. The standard InChI is InChI=1S/C11H12ClN3O.ClH/c1-7(13)11-14-10(15-16-11)6-8-4-2-3-5-9(8)12;/h2-5,7H,6,13H2,1H3;1H/t7-;/m0./s1. The summed E-state index contributed by atoms with van der Waals surface area (Å²) in [5, 5.41) is 4.55. The molecule has 0 amide bonds. The number of aromatic nitrogens is 2. The van der Waals surface area contributed by atoms with Crippen LogP contribution in [0.15, 0.2) is 28.8 Å². The maximum atomic E-state index is 6.03. The van der Waals surface area contributed by atoms with Gasteiger partial charge in [0.15, 0.2) is 5.82 Å². The first-order valence-corrected chi connectivity index (χ1v) is 5.36. The maximum Gasteiger partial charge on any atom is 0.243 e. The lowest BCUT2D eigenvalue weighted by Crippen LogP contribution is -2.05. The minimum atomic E-state index is -0.243. The fourth-order valence-electron chi connectivity index (χ4n) is 1.34. The Morgan fingerprint density at radius 1 is 1.41 bits per heavy atom. The largest absolute Gasteiger partial charge is 0.338 e. The van der Waals surface area contributed by atoms with Crippen molar-refractivity contribution in [3.05, 3.63) is 46.6 Å². The summed E-state index contributed by atoms with van der Waals surface area (Å²) in [5.41, 5.74) is 6.60. The maximum absolute atomic E-state index is 6.03. The fraction of sp³-hybridized carbons (Fsp3) is 0.273. The normalized spacial score (nSPS) is 11.9. The third-order valence-corrected chi connectivity index (χ3v) is 2.55. The van der Waals surface area contributed by atoms with Crippen molar-refractivity contribution in [1.82, 2.24) is 10.1 Å². The Hall–Kier alpha value is -1.10. The van der Waals surface area contributed by atoms with Crippen LogP contribution < -0.4 is 5.73 Å². The third-order valence-electron chi connectivity index (χ3n) is 2.18. The quantitative estimate of drug-likeness (QED) is 0.934. The molecule has 0 aliphatic heterocycles. The van der Waals surface area contributed by atoms with E-state index in [1.165, 1.54) is 0 Å². The van der Waals surface area contributed by atoms with Gasteiger partial charge in [0.25, 0.3) is 0 Å².